The molecule has 0 saturated carbocycles. The fourth-order valence-electron chi connectivity index (χ4n) is 5.11. The summed E-state index contributed by atoms with van der Waals surface area (Å²) in [6.07, 6.45) is 3.44. The molecule has 3 amide bonds. The van der Waals surface area contributed by atoms with Crippen LogP contribution in [0.3, 0.4) is 0 Å². The highest BCUT2D eigenvalue weighted by molar-refractivity contribution is 5.95. The average Bonchev–Trinajstić information content (AvgIpc) is 3.57. The van der Waals surface area contributed by atoms with Crippen LogP contribution in [0.4, 0.5) is 9.59 Å². The summed E-state index contributed by atoms with van der Waals surface area (Å²) in [5.41, 5.74) is -0.472. The highest BCUT2D eigenvalue weighted by Crippen LogP contribution is 2.36. The number of likely N-dealkylation sites (N-methyl/N-ethyl adjacent to an activating group) is 1. The van der Waals surface area contributed by atoms with Gasteiger partial charge in [-0.2, -0.15) is 0 Å². The number of carbonyl (C=O) groups excluding carboxylic acids is 5. The summed E-state index contributed by atoms with van der Waals surface area (Å²) < 4.78 is 24.6. The van der Waals surface area contributed by atoms with Crippen molar-refractivity contribution in [3.63, 3.8) is 0 Å². The molecule has 2 heterocycles. The van der Waals surface area contributed by atoms with E-state index in [2.05, 4.69) is 4.98 Å². The lowest BCUT2D eigenvalue weighted by molar-refractivity contribution is -0.145. The van der Waals surface area contributed by atoms with Gasteiger partial charge in [0.15, 0.2) is 11.5 Å². The number of ether oxygens (including phenoxy) is 4. The van der Waals surface area contributed by atoms with Crippen molar-refractivity contribution < 1.29 is 42.9 Å². The van der Waals surface area contributed by atoms with Gasteiger partial charge in [-0.15, -0.1) is 0 Å². The lowest BCUT2D eigenvalue weighted by Crippen LogP contribution is -2.38. The Kier molecular flexibility index (Phi) is 13.0. The number of aromatic nitrogens is 2. The van der Waals surface area contributed by atoms with Gasteiger partial charge in [-0.05, 0) is 84.4 Å². The van der Waals surface area contributed by atoms with Crippen LogP contribution in [0.2, 0.25) is 0 Å². The molecule has 49 heavy (non-hydrogen) atoms. The average molecular weight is 685 g/mol. The number of amides is 3. The van der Waals surface area contributed by atoms with E-state index in [1.54, 1.807) is 60.1 Å². The van der Waals surface area contributed by atoms with E-state index in [1.165, 1.54) is 24.1 Å². The lowest BCUT2D eigenvalue weighted by atomic mass is 9.89. The normalized spacial score (nSPS) is 17.0. The Morgan fingerprint density at radius 2 is 1.63 bits per heavy atom. The molecule has 0 aliphatic carbocycles. The van der Waals surface area contributed by atoms with Crippen molar-refractivity contribution in [2.75, 3.05) is 26.7 Å². The first-order valence-corrected chi connectivity index (χ1v) is 16.8. The highest BCUT2D eigenvalue weighted by atomic mass is 16.6. The van der Waals surface area contributed by atoms with Crippen LogP contribution in [-0.2, 0) is 37.3 Å². The number of esters is 2. The first-order chi connectivity index (χ1) is 22.9. The summed E-state index contributed by atoms with van der Waals surface area (Å²) in [6.45, 7) is 14.2. The Labute approximate surface area is 289 Å². The SMILES string of the molecule is CCCCOC(=O)N(C)CC(OC(=O)N1C[C@H](Cc2cncn2C)[C@@H](CC)C1=O)c1ccc(OC(=O)C(C)(C)C)c(OC(=O)C(C)(C)C)c1. The Balaban J connectivity index is 1.98. The molecule has 1 aromatic heterocycles. The molecule has 1 aliphatic heterocycles. The Hall–Kier alpha value is -4.42. The van der Waals surface area contributed by atoms with E-state index >= 15 is 0 Å². The van der Waals surface area contributed by atoms with Gasteiger partial charge in [-0.1, -0.05) is 26.3 Å². The number of rotatable bonds is 12. The highest BCUT2D eigenvalue weighted by Gasteiger charge is 2.44. The van der Waals surface area contributed by atoms with Gasteiger partial charge in [0.25, 0.3) is 0 Å². The number of hydrogen-bond acceptors (Lipinski definition) is 10. The van der Waals surface area contributed by atoms with E-state index in [4.69, 9.17) is 18.9 Å². The number of unbranched alkanes of at least 4 members (excludes halogenated alkanes) is 1. The number of likely N-dealkylation sites (tertiary alicyclic amines) is 1. The third kappa shape index (κ3) is 10.3. The van der Waals surface area contributed by atoms with Crippen LogP contribution in [0.15, 0.2) is 30.7 Å². The number of imidazole rings is 1. The minimum Gasteiger partial charge on any atom is -0.449 e. The van der Waals surface area contributed by atoms with Crippen molar-refractivity contribution in [3.8, 4) is 11.5 Å². The Bertz CT molecular complexity index is 1500. The summed E-state index contributed by atoms with van der Waals surface area (Å²) in [7, 11) is 3.38. The molecule has 3 atom stereocenters. The maximum absolute atomic E-state index is 13.8. The van der Waals surface area contributed by atoms with E-state index in [1.807, 2.05) is 25.5 Å². The number of nitrogens with zero attached hydrogens (tertiary/aromatic N) is 4. The van der Waals surface area contributed by atoms with Crippen molar-refractivity contribution in [1.82, 2.24) is 19.4 Å². The molecule has 1 aliphatic rings. The predicted molar refractivity (Wildman–Crippen MR) is 181 cm³/mol. The lowest BCUT2D eigenvalue weighted by Gasteiger charge is -2.27. The largest absolute Gasteiger partial charge is 0.449 e. The minimum atomic E-state index is -1.13. The fourth-order valence-corrected chi connectivity index (χ4v) is 5.11. The van der Waals surface area contributed by atoms with Gasteiger partial charge in [0.05, 0.1) is 30.3 Å². The molecule has 0 spiro atoms. The Morgan fingerprint density at radius 1 is 1.00 bits per heavy atom. The zero-order valence-corrected chi connectivity index (χ0v) is 30.5. The summed E-state index contributed by atoms with van der Waals surface area (Å²) >= 11 is 0. The second kappa shape index (κ2) is 16.3. The summed E-state index contributed by atoms with van der Waals surface area (Å²) in [4.78, 5) is 72.5. The van der Waals surface area contributed by atoms with Crippen LogP contribution in [0, 0.1) is 22.7 Å². The van der Waals surface area contributed by atoms with E-state index < -0.39 is 47.0 Å². The molecule has 0 N–H and O–H groups in total. The molecular formula is C36H52N4O9. The van der Waals surface area contributed by atoms with E-state index in [0.717, 1.165) is 17.0 Å². The van der Waals surface area contributed by atoms with Gasteiger partial charge in [-0.25, -0.2) is 19.5 Å². The van der Waals surface area contributed by atoms with Crippen LogP contribution in [-0.4, -0.2) is 76.1 Å². The van der Waals surface area contributed by atoms with E-state index in [0.29, 0.717) is 24.8 Å². The molecule has 13 nitrogen and oxygen atoms in total. The second-order valence-corrected chi connectivity index (χ2v) is 14.6. The number of benzene rings is 1. The Morgan fingerprint density at radius 3 is 2.18 bits per heavy atom. The molecule has 1 unspecified atom stereocenters. The molecule has 0 bridgehead atoms. The van der Waals surface area contributed by atoms with Crippen molar-refractivity contribution in [2.24, 2.45) is 29.7 Å². The van der Waals surface area contributed by atoms with Gasteiger partial charge in [0.2, 0.25) is 5.91 Å². The quantitative estimate of drug-likeness (QED) is 0.146. The van der Waals surface area contributed by atoms with Gasteiger partial charge >= 0.3 is 24.1 Å². The molecule has 13 heteroatoms. The first-order valence-electron chi connectivity index (χ1n) is 16.8. The third-order valence-corrected chi connectivity index (χ3v) is 8.30. The molecule has 1 fully saturated rings. The standard InChI is InChI=1S/C36H52N4O9/c1-11-13-16-46-33(44)38(9)21-29(49-34(45)40-20-24(26(12-2)30(40)41)17-25-19-37-22-39(25)10)23-14-15-27(47-31(42)35(3,4)5)28(18-23)48-32(43)36(6,7)8/h14-15,18-19,22,24,26,29H,11-13,16-17,20-21H2,1-10H3/t24-,26+,29?/m0/s1. The molecule has 1 aromatic carbocycles. The third-order valence-electron chi connectivity index (χ3n) is 8.30. The molecule has 3 rings (SSSR count). The van der Waals surface area contributed by atoms with Crippen LogP contribution >= 0.6 is 0 Å². The van der Waals surface area contributed by atoms with Crippen molar-refractivity contribution >= 4 is 30.0 Å². The van der Waals surface area contributed by atoms with Crippen LogP contribution in [0.5, 0.6) is 11.5 Å². The van der Waals surface area contributed by atoms with Crippen LogP contribution < -0.4 is 9.47 Å². The molecule has 0 radical (unpaired) electrons. The fraction of sp³-hybridized carbons (Fsp3) is 0.611. The van der Waals surface area contributed by atoms with Gasteiger partial charge in [0, 0.05) is 38.4 Å². The smallest absolute Gasteiger partial charge is 0.417 e. The number of aryl methyl sites for hydroxylation is 1. The van der Waals surface area contributed by atoms with E-state index in [-0.39, 0.29) is 43.0 Å². The molecule has 1 saturated heterocycles. The topological polar surface area (TPSA) is 147 Å². The maximum Gasteiger partial charge on any atom is 0.417 e. The molecular weight excluding hydrogens is 632 g/mol. The van der Waals surface area contributed by atoms with Crippen molar-refractivity contribution in [1.29, 1.82) is 0 Å². The van der Waals surface area contributed by atoms with Crippen LogP contribution in [0.1, 0.15) is 92.0 Å². The molecule has 270 valence electrons. The summed E-state index contributed by atoms with van der Waals surface area (Å²) in [6, 6.07) is 4.44. The van der Waals surface area contributed by atoms with Gasteiger partial charge in [-0.3, -0.25) is 14.4 Å². The monoisotopic (exact) mass is 684 g/mol. The van der Waals surface area contributed by atoms with Crippen molar-refractivity contribution in [3.05, 3.63) is 42.0 Å². The minimum absolute atomic E-state index is 0.00260. The van der Waals surface area contributed by atoms with Crippen molar-refractivity contribution in [2.45, 2.75) is 87.2 Å². The number of imide groups is 1. The number of hydrogen-bond donors (Lipinski definition) is 0. The second-order valence-electron chi connectivity index (χ2n) is 14.6. The van der Waals surface area contributed by atoms with E-state index in [9.17, 15) is 24.0 Å². The predicted octanol–water partition coefficient (Wildman–Crippen LogP) is 6.10. The zero-order chi connectivity index (χ0) is 36.7. The first kappa shape index (κ1) is 39.0. The zero-order valence-electron chi connectivity index (χ0n) is 30.5. The summed E-state index contributed by atoms with van der Waals surface area (Å²) in [5.74, 6) is -2.08. The van der Waals surface area contributed by atoms with Gasteiger partial charge < -0.3 is 28.4 Å². The van der Waals surface area contributed by atoms with Crippen LogP contribution in [0.25, 0.3) is 0 Å². The summed E-state index contributed by atoms with van der Waals surface area (Å²) in [5, 5.41) is 0. The molecule has 2 aromatic rings. The van der Waals surface area contributed by atoms with Gasteiger partial charge in [0.1, 0.15) is 6.10 Å². The maximum atomic E-state index is 13.8. The number of carbonyl (C=O) groups is 5.